The molecule has 23 heteroatoms. The number of hydrogen-bond donors (Lipinski definition) is 3. The molecule has 0 radical (unpaired) electrons. The summed E-state index contributed by atoms with van der Waals surface area (Å²) in [5.41, 5.74) is -2.74. The van der Waals surface area contributed by atoms with E-state index in [-0.39, 0.29) is 117 Å². The number of rotatable bonds is 13. The number of fused-ring (bicyclic) bond motifs is 7. The van der Waals surface area contributed by atoms with Gasteiger partial charge in [0.15, 0.2) is 11.6 Å². The maximum atomic E-state index is 16.9. The first-order valence-corrected chi connectivity index (χ1v) is 31.3. The van der Waals surface area contributed by atoms with Gasteiger partial charge in [-0.15, -0.1) is 12.8 Å². The number of aromatic hydroxyl groups is 2. The van der Waals surface area contributed by atoms with Crippen LogP contribution in [0.2, 0.25) is 0 Å². The van der Waals surface area contributed by atoms with Crippen LogP contribution in [0.5, 0.6) is 23.5 Å². The summed E-state index contributed by atoms with van der Waals surface area (Å²) in [7, 11) is 1.60. The molecule has 93 heavy (non-hydrogen) atoms. The fourth-order valence-electron chi connectivity index (χ4n) is 16.1. The van der Waals surface area contributed by atoms with Gasteiger partial charge in [-0.3, -0.25) is 9.80 Å². The Kier molecular flexibility index (Phi) is 16.2. The van der Waals surface area contributed by atoms with Gasteiger partial charge in [-0.1, -0.05) is 36.1 Å². The number of phenols is 2. The van der Waals surface area contributed by atoms with Gasteiger partial charge >= 0.3 is 12.0 Å². The topological polar surface area (TPSA) is 162 Å². The maximum absolute atomic E-state index is 16.9. The molecular weight excluding hydrogens is 1220 g/mol. The Morgan fingerprint density at radius 1 is 0.634 bits per heavy atom. The number of ether oxygens (including phenoxy) is 4. The average Bonchev–Trinajstić information content (AvgIpc) is 1.62. The van der Waals surface area contributed by atoms with E-state index in [1.165, 1.54) is 54.6 Å². The number of benzene rings is 6. The number of phenolic OH excluding ortho intramolecular Hbond substituents is 2. The van der Waals surface area contributed by atoms with Crippen LogP contribution in [0.4, 0.5) is 46.8 Å². The molecule has 1 aliphatic carbocycles. The van der Waals surface area contributed by atoms with Gasteiger partial charge in [0.05, 0.1) is 48.1 Å². The minimum absolute atomic E-state index is 0.0121. The number of methoxy groups -OCH3 is 1. The molecule has 7 unspecified atom stereocenters. The molecule has 0 spiro atoms. The largest absolute Gasteiger partial charge is 0.508 e. The lowest BCUT2D eigenvalue weighted by molar-refractivity contribution is -0.0947. The number of halogens is 8. The van der Waals surface area contributed by atoms with E-state index in [0.717, 1.165) is 38.8 Å². The Balaban J connectivity index is 0.000000161. The predicted octanol–water partition coefficient (Wildman–Crippen LogP) is 11.4. The van der Waals surface area contributed by atoms with Crippen molar-refractivity contribution in [3.05, 3.63) is 107 Å². The van der Waals surface area contributed by atoms with E-state index in [1.54, 1.807) is 25.3 Å². The second kappa shape index (κ2) is 24.2. The second-order valence-electron chi connectivity index (χ2n) is 26.0. The van der Waals surface area contributed by atoms with Gasteiger partial charge < -0.3 is 44.1 Å². The van der Waals surface area contributed by atoms with E-state index in [1.807, 2.05) is 9.80 Å². The first-order valence-electron chi connectivity index (χ1n) is 31.3. The fraction of sp³-hybridized carbons (Fsp3) is 0.429. The molecular formula is C70H66F8N8O7. The molecule has 3 N–H and O–H groups in total. The lowest BCUT2D eigenvalue weighted by atomic mass is 9.93. The van der Waals surface area contributed by atoms with Gasteiger partial charge in [0.2, 0.25) is 0 Å². The van der Waals surface area contributed by atoms with Crippen LogP contribution in [0.25, 0.3) is 65.6 Å². The van der Waals surface area contributed by atoms with Crippen LogP contribution >= 0.6 is 0 Å². The smallest absolute Gasteiger partial charge is 0.319 e. The molecule has 6 saturated heterocycles. The van der Waals surface area contributed by atoms with Crippen molar-refractivity contribution in [1.29, 1.82) is 0 Å². The van der Waals surface area contributed by atoms with Gasteiger partial charge in [-0.25, -0.2) is 35.1 Å². The molecule has 7 atom stereocenters. The minimum atomic E-state index is -2.85. The molecule has 1 saturated carbocycles. The standard InChI is InChI=1S/C36H33F5N4O3.C34H33F3N4O4/c1-2-24-28(38)7-4-19-10-23(46)11-27(29(19)24)25-5-6-26-31(30(25)39)42-34(48-18-35-8-3-9-45(35)17-22(37)14-35)43-32(26)44-15-20-12-36(47,33(40)41)13-21(20)16-44;1-3-24-28(36)8-5-20-13-23(42)14-27(29(20)24)25-6-7-26-31(30(25)37)38-33(39-32(26)41-11-12-44-18-22(41)17-43-2)45-19-34-9-4-10-40(34)16-21(35)15-34/h1,4-7,10-11,20-22,33,46-47H,3,8-9,12-18H2;1,5-8,13-14,21-22,42H,4,9-12,15-19H2,2H3. The number of alkyl halides is 4. The quantitative estimate of drug-likeness (QED) is 0.0738. The third kappa shape index (κ3) is 11.0. The van der Waals surface area contributed by atoms with Crippen molar-refractivity contribution in [2.24, 2.45) is 11.8 Å². The highest BCUT2D eigenvalue weighted by molar-refractivity contribution is 6.06. The van der Waals surface area contributed by atoms with Gasteiger partial charge in [0.25, 0.3) is 6.43 Å². The first kappa shape index (κ1) is 62.1. The Hall–Kier alpha value is -8.32. The molecule has 15 rings (SSSR count). The third-order valence-electron chi connectivity index (χ3n) is 20.3. The summed E-state index contributed by atoms with van der Waals surface area (Å²) in [5, 5.41) is 33.8. The minimum Gasteiger partial charge on any atom is -0.508 e. The number of nitrogens with zero attached hydrogens (tertiary/aromatic N) is 8. The fourth-order valence-corrected chi connectivity index (χ4v) is 16.1. The Bertz CT molecular complexity index is 4370. The van der Waals surface area contributed by atoms with E-state index >= 15 is 8.78 Å². The highest BCUT2D eigenvalue weighted by atomic mass is 19.3. The predicted molar refractivity (Wildman–Crippen MR) is 334 cm³/mol. The van der Waals surface area contributed by atoms with E-state index in [2.05, 4.69) is 31.6 Å². The van der Waals surface area contributed by atoms with Crippen molar-refractivity contribution in [1.82, 2.24) is 29.7 Å². The van der Waals surface area contributed by atoms with Gasteiger partial charge in [-0.05, 0) is 134 Å². The number of terminal acetylenes is 2. The number of anilines is 2. The summed E-state index contributed by atoms with van der Waals surface area (Å²) < 4.78 is 143. The van der Waals surface area contributed by atoms with Crippen LogP contribution in [0.1, 0.15) is 62.5 Å². The summed E-state index contributed by atoms with van der Waals surface area (Å²) in [5.74, 6) is 2.02. The summed E-state index contributed by atoms with van der Waals surface area (Å²) in [6.45, 7) is 4.83. The third-order valence-corrected chi connectivity index (χ3v) is 20.3. The molecule has 0 bridgehead atoms. The molecule has 15 nitrogen and oxygen atoms in total. The molecule has 2 aromatic heterocycles. The SMILES string of the molecule is C#Cc1c(F)ccc2cc(O)cc(-c3ccc4c(N5CC6CC(O)(C(F)F)CC6C5)nc(OCC56CCCN5CC(F)C6)nc4c3F)c12.C#Cc1c(F)ccc2cc(O)cc(-c3ccc4c(N5CCOCC5COC)nc(OCC56CCCN5CC(F)C6)nc4c3F)c12. The molecule has 6 aliphatic heterocycles. The zero-order chi connectivity index (χ0) is 64.8. The summed E-state index contributed by atoms with van der Waals surface area (Å²) >= 11 is 0. The van der Waals surface area contributed by atoms with Crippen molar-refractivity contribution >= 4 is 55.0 Å². The van der Waals surface area contributed by atoms with Crippen molar-refractivity contribution in [3.63, 3.8) is 0 Å². The van der Waals surface area contributed by atoms with E-state index in [4.69, 9.17) is 41.8 Å². The average molecular weight is 1280 g/mol. The maximum Gasteiger partial charge on any atom is 0.319 e. The van der Waals surface area contributed by atoms with E-state index in [0.29, 0.717) is 104 Å². The van der Waals surface area contributed by atoms with Crippen LogP contribution in [0, 0.1) is 59.8 Å². The second-order valence-corrected chi connectivity index (χ2v) is 26.0. The van der Waals surface area contributed by atoms with Crippen LogP contribution in [-0.4, -0.2) is 173 Å². The summed E-state index contributed by atoms with van der Waals surface area (Å²) in [6, 6.07) is 17.0. The zero-order valence-electron chi connectivity index (χ0n) is 50.8. The van der Waals surface area contributed by atoms with Crippen LogP contribution in [-0.2, 0) is 9.47 Å². The summed E-state index contributed by atoms with van der Waals surface area (Å²) in [4.78, 5) is 26.6. The molecule has 8 heterocycles. The monoisotopic (exact) mass is 1280 g/mol. The zero-order valence-corrected chi connectivity index (χ0v) is 50.8. The first-order chi connectivity index (χ1) is 44.8. The number of aromatic nitrogens is 4. The van der Waals surface area contributed by atoms with Crippen molar-refractivity contribution in [3.8, 4) is 70.5 Å². The number of morpholine rings is 1. The van der Waals surface area contributed by atoms with Crippen LogP contribution in [0.15, 0.2) is 72.8 Å². The van der Waals surface area contributed by atoms with E-state index in [9.17, 15) is 41.7 Å². The highest BCUT2D eigenvalue weighted by Crippen LogP contribution is 2.50. The number of aliphatic hydroxyl groups is 1. The van der Waals surface area contributed by atoms with Gasteiger partial charge in [0.1, 0.15) is 77.0 Å². The highest BCUT2D eigenvalue weighted by Gasteiger charge is 2.54. The Morgan fingerprint density at radius 2 is 1.13 bits per heavy atom. The molecule has 0 amide bonds. The van der Waals surface area contributed by atoms with Crippen LogP contribution < -0.4 is 19.3 Å². The molecule has 7 aliphatic rings. The van der Waals surface area contributed by atoms with Crippen molar-refractivity contribution in [2.45, 2.75) is 92.9 Å². The summed E-state index contributed by atoms with van der Waals surface area (Å²) in [6.07, 6.45) is 10.5. The Morgan fingerprint density at radius 3 is 1.61 bits per heavy atom. The lowest BCUT2D eigenvalue weighted by Gasteiger charge is -2.36. The molecule has 6 aromatic carbocycles. The van der Waals surface area contributed by atoms with Crippen LogP contribution in [0.3, 0.4) is 0 Å². The normalized spacial score (nSPS) is 26.1. The van der Waals surface area contributed by atoms with Crippen molar-refractivity contribution in [2.75, 3.05) is 95.8 Å². The lowest BCUT2D eigenvalue weighted by Crippen LogP contribution is -2.48. The number of hydrogen-bond acceptors (Lipinski definition) is 15. The van der Waals surface area contributed by atoms with Gasteiger partial charge in [-0.2, -0.15) is 19.9 Å². The van der Waals surface area contributed by atoms with Gasteiger partial charge in [0, 0.05) is 85.3 Å². The Labute approximate surface area is 530 Å². The molecule has 7 fully saturated rings. The van der Waals surface area contributed by atoms with E-state index < -0.39 is 58.7 Å². The van der Waals surface area contributed by atoms with Crippen molar-refractivity contribution < 1.29 is 69.4 Å². The molecule has 484 valence electrons. The molecule has 8 aromatic rings.